The number of rotatable bonds is 14. The van der Waals surface area contributed by atoms with E-state index in [1.165, 1.54) is 57.8 Å². The summed E-state index contributed by atoms with van der Waals surface area (Å²) in [5.74, 6) is 0.957. The zero-order valence-electron chi connectivity index (χ0n) is 18.9. The first-order valence-corrected chi connectivity index (χ1v) is 14.0. The van der Waals surface area contributed by atoms with Crippen LogP contribution in [0.3, 0.4) is 0 Å². The van der Waals surface area contributed by atoms with E-state index >= 15 is 0 Å². The van der Waals surface area contributed by atoms with Crippen LogP contribution in [0.15, 0.2) is 28.9 Å². The van der Waals surface area contributed by atoms with E-state index in [1.54, 1.807) is 6.26 Å². The van der Waals surface area contributed by atoms with Gasteiger partial charge in [-0.1, -0.05) is 71.8 Å². The maximum atomic E-state index is 6.45. The van der Waals surface area contributed by atoms with Crippen LogP contribution < -0.4 is 0 Å². The average Bonchev–Trinajstić information content (AvgIpc) is 3.07. The molecule has 0 bridgehead atoms. The molecule has 1 rings (SSSR count). The molecule has 0 saturated carbocycles. The lowest BCUT2D eigenvalue weighted by atomic mass is 10.1. The minimum absolute atomic E-state index is 0.315. The Labute approximate surface area is 169 Å². The van der Waals surface area contributed by atoms with Crippen molar-refractivity contribution in [3.8, 4) is 0 Å². The Hall–Kier alpha value is -0.803. The second-order valence-electron chi connectivity index (χ2n) is 9.51. The molecule has 0 saturated heterocycles. The molecule has 0 aliphatic heterocycles. The molecule has 1 aromatic rings. The highest BCUT2D eigenvalue weighted by molar-refractivity contribution is 6.74. The van der Waals surface area contributed by atoms with E-state index in [0.717, 1.165) is 12.2 Å². The third kappa shape index (κ3) is 10.9. The van der Waals surface area contributed by atoms with Gasteiger partial charge in [0.15, 0.2) is 8.32 Å². The molecule has 0 aliphatic carbocycles. The third-order valence-corrected chi connectivity index (χ3v) is 10.5. The van der Waals surface area contributed by atoms with Crippen molar-refractivity contribution in [2.24, 2.45) is 0 Å². The highest BCUT2D eigenvalue weighted by atomic mass is 28.4. The van der Waals surface area contributed by atoms with Crippen molar-refractivity contribution in [3.63, 3.8) is 0 Å². The highest BCUT2D eigenvalue weighted by Gasteiger charge is 2.38. The van der Waals surface area contributed by atoms with Crippen molar-refractivity contribution in [2.75, 3.05) is 0 Å². The minimum atomic E-state index is -1.59. The molecular formula is C24H44O2Si. The van der Waals surface area contributed by atoms with Crippen LogP contribution in [0.25, 0.3) is 6.08 Å². The van der Waals surface area contributed by atoms with Gasteiger partial charge in [0.05, 0.1) is 6.26 Å². The zero-order chi connectivity index (χ0) is 20.2. The van der Waals surface area contributed by atoms with Crippen molar-refractivity contribution in [2.45, 2.75) is 116 Å². The Kier molecular flexibility index (Phi) is 11.3. The van der Waals surface area contributed by atoms with Crippen molar-refractivity contribution in [1.82, 2.24) is 0 Å². The summed E-state index contributed by atoms with van der Waals surface area (Å²) in [6.45, 7) is 13.9. The van der Waals surface area contributed by atoms with E-state index in [0.29, 0.717) is 11.1 Å². The summed E-state index contributed by atoms with van der Waals surface area (Å²) < 4.78 is 11.7. The fraction of sp³-hybridized carbons (Fsp3) is 0.750. The van der Waals surface area contributed by atoms with E-state index < -0.39 is 8.32 Å². The average molecular weight is 393 g/mol. The molecule has 0 radical (unpaired) electrons. The van der Waals surface area contributed by atoms with Gasteiger partial charge >= 0.3 is 0 Å². The quantitative estimate of drug-likeness (QED) is 0.233. The van der Waals surface area contributed by atoms with Gasteiger partial charge in [0.2, 0.25) is 0 Å². The van der Waals surface area contributed by atoms with Crippen LogP contribution in [0.1, 0.15) is 97.7 Å². The van der Waals surface area contributed by atoms with Gasteiger partial charge in [0.1, 0.15) is 5.76 Å². The molecule has 1 aromatic heterocycles. The first-order chi connectivity index (χ1) is 12.7. The van der Waals surface area contributed by atoms with Gasteiger partial charge in [-0.2, -0.15) is 0 Å². The highest BCUT2D eigenvalue weighted by Crippen LogP contribution is 2.37. The summed E-state index contributed by atoms with van der Waals surface area (Å²) in [7, 11) is -1.59. The van der Waals surface area contributed by atoms with Gasteiger partial charge in [0.25, 0.3) is 0 Å². The lowest BCUT2D eigenvalue weighted by Crippen LogP contribution is -2.43. The molecule has 0 fully saturated rings. The Bertz CT molecular complexity index is 497. The predicted octanol–water partition coefficient (Wildman–Crippen LogP) is 8.60. The monoisotopic (exact) mass is 392 g/mol. The molecule has 1 atom stereocenters. The fourth-order valence-corrected chi connectivity index (χ4v) is 4.56. The molecular weight excluding hydrogens is 348 g/mol. The van der Waals surface area contributed by atoms with Gasteiger partial charge in [-0.3, -0.25) is 0 Å². The van der Waals surface area contributed by atoms with Crippen molar-refractivity contribution in [3.05, 3.63) is 30.2 Å². The molecule has 0 amide bonds. The molecule has 0 N–H and O–H groups in total. The predicted molar refractivity (Wildman–Crippen MR) is 122 cm³/mol. The molecule has 0 aromatic carbocycles. The fourth-order valence-electron chi connectivity index (χ4n) is 3.08. The minimum Gasteiger partial charge on any atom is -0.465 e. The second-order valence-corrected chi connectivity index (χ2v) is 14.3. The van der Waals surface area contributed by atoms with E-state index in [4.69, 9.17) is 8.84 Å². The first-order valence-electron chi connectivity index (χ1n) is 11.1. The summed E-state index contributed by atoms with van der Waals surface area (Å²) in [5, 5.41) is 0.315. The largest absolute Gasteiger partial charge is 0.465 e. The van der Waals surface area contributed by atoms with Crippen LogP contribution in [0.2, 0.25) is 18.1 Å². The molecule has 0 unspecified atom stereocenters. The SMILES string of the molecule is C[C@@H](CCCCCCCCCC/C=C/c1ccco1)O[Si](C)(C)C(C)(C)C. The smallest absolute Gasteiger partial charge is 0.192 e. The molecule has 2 nitrogen and oxygen atoms in total. The number of hydrogen-bond donors (Lipinski definition) is 0. The summed E-state index contributed by atoms with van der Waals surface area (Å²) in [4.78, 5) is 0. The Morgan fingerprint density at radius 2 is 1.59 bits per heavy atom. The van der Waals surface area contributed by atoms with E-state index in [2.05, 4.69) is 52.9 Å². The lowest BCUT2D eigenvalue weighted by Gasteiger charge is -2.38. The van der Waals surface area contributed by atoms with Crippen molar-refractivity contribution >= 4 is 14.4 Å². The van der Waals surface area contributed by atoms with Crippen LogP contribution in [0.5, 0.6) is 0 Å². The first kappa shape index (κ1) is 24.2. The van der Waals surface area contributed by atoms with Crippen LogP contribution in [-0.2, 0) is 4.43 Å². The maximum absolute atomic E-state index is 6.45. The van der Waals surface area contributed by atoms with E-state index in [-0.39, 0.29) is 0 Å². The number of hydrogen-bond acceptors (Lipinski definition) is 2. The van der Waals surface area contributed by atoms with Crippen LogP contribution in [0.4, 0.5) is 0 Å². The Morgan fingerprint density at radius 3 is 2.15 bits per heavy atom. The van der Waals surface area contributed by atoms with Crippen LogP contribution in [0, 0.1) is 0 Å². The maximum Gasteiger partial charge on any atom is 0.192 e. The van der Waals surface area contributed by atoms with Gasteiger partial charge in [-0.25, -0.2) is 0 Å². The van der Waals surface area contributed by atoms with Crippen LogP contribution >= 0.6 is 0 Å². The molecule has 156 valence electrons. The van der Waals surface area contributed by atoms with Gasteiger partial charge < -0.3 is 8.84 Å². The third-order valence-electron chi connectivity index (χ3n) is 5.86. The standard InChI is InChI=1S/C24H44O2Si/c1-22(26-27(5,6)24(2,3)4)18-15-13-11-9-7-8-10-12-14-16-19-23-20-17-21-25-23/h16-17,19-22H,7-15,18H2,1-6H3/b19-16+/t22-/m0/s1. The van der Waals surface area contributed by atoms with Crippen molar-refractivity contribution < 1.29 is 8.84 Å². The Morgan fingerprint density at radius 1 is 1.00 bits per heavy atom. The normalized spacial score (nSPS) is 14.1. The van der Waals surface area contributed by atoms with Gasteiger partial charge in [-0.05, 0) is 62.5 Å². The summed E-state index contributed by atoms with van der Waals surface area (Å²) >= 11 is 0. The van der Waals surface area contributed by atoms with Crippen LogP contribution in [-0.4, -0.2) is 14.4 Å². The molecule has 27 heavy (non-hydrogen) atoms. The summed E-state index contributed by atoms with van der Waals surface area (Å²) in [6.07, 6.45) is 19.7. The van der Waals surface area contributed by atoms with Crippen molar-refractivity contribution in [1.29, 1.82) is 0 Å². The van der Waals surface area contributed by atoms with E-state index in [1.807, 2.05) is 12.1 Å². The van der Waals surface area contributed by atoms with Gasteiger partial charge in [0, 0.05) is 6.10 Å². The Balaban J connectivity index is 1.91. The molecule has 0 spiro atoms. The summed E-state index contributed by atoms with van der Waals surface area (Å²) in [5.41, 5.74) is 0. The lowest BCUT2D eigenvalue weighted by molar-refractivity contribution is 0.185. The number of allylic oxidation sites excluding steroid dienone is 1. The zero-order valence-corrected chi connectivity index (χ0v) is 19.9. The number of unbranched alkanes of at least 4 members (excludes halogenated alkanes) is 8. The molecule has 0 aliphatic rings. The van der Waals surface area contributed by atoms with Gasteiger partial charge in [-0.15, -0.1) is 0 Å². The summed E-state index contributed by atoms with van der Waals surface area (Å²) in [6, 6.07) is 3.93. The van der Waals surface area contributed by atoms with E-state index in [9.17, 15) is 0 Å². The topological polar surface area (TPSA) is 22.4 Å². The molecule has 1 heterocycles. The molecule has 3 heteroatoms. The second kappa shape index (κ2) is 12.6. The number of furan rings is 1.